The number of benzene rings is 2. The lowest BCUT2D eigenvalue weighted by Crippen LogP contribution is -2.21. The third kappa shape index (κ3) is 4.81. The summed E-state index contributed by atoms with van der Waals surface area (Å²) in [5.41, 5.74) is 1.97. The molecule has 2 rings (SSSR count). The van der Waals surface area contributed by atoms with Crippen LogP contribution >= 0.6 is 0 Å². The molecule has 0 atom stereocenters. The minimum Gasteiger partial charge on any atom is -0.484 e. The van der Waals surface area contributed by atoms with Crippen LogP contribution in [0.4, 0.5) is 15.8 Å². The van der Waals surface area contributed by atoms with E-state index in [1.165, 1.54) is 31.2 Å². The second kappa shape index (κ2) is 7.40. The van der Waals surface area contributed by atoms with Gasteiger partial charge in [0.25, 0.3) is 5.91 Å². The number of carbonyl (C=O) groups is 2. The third-order valence-corrected chi connectivity index (χ3v) is 3.10. The van der Waals surface area contributed by atoms with Crippen molar-refractivity contribution in [2.45, 2.75) is 13.8 Å². The molecule has 23 heavy (non-hydrogen) atoms. The highest BCUT2D eigenvalue weighted by Crippen LogP contribution is 2.23. The fraction of sp³-hybridized carbons (Fsp3) is 0.176. The molecule has 5 nitrogen and oxygen atoms in total. The van der Waals surface area contributed by atoms with Crippen molar-refractivity contribution in [3.8, 4) is 5.75 Å². The van der Waals surface area contributed by atoms with E-state index >= 15 is 0 Å². The van der Waals surface area contributed by atoms with Gasteiger partial charge in [-0.1, -0.05) is 6.07 Å². The number of hydrogen-bond acceptors (Lipinski definition) is 3. The second-order valence-corrected chi connectivity index (χ2v) is 4.95. The van der Waals surface area contributed by atoms with Crippen LogP contribution in [0.5, 0.6) is 5.75 Å². The summed E-state index contributed by atoms with van der Waals surface area (Å²) in [6.45, 7) is 3.01. The van der Waals surface area contributed by atoms with Gasteiger partial charge in [0.2, 0.25) is 5.91 Å². The lowest BCUT2D eigenvalue weighted by molar-refractivity contribution is -0.118. The van der Waals surface area contributed by atoms with Gasteiger partial charge in [0.05, 0.1) is 0 Å². The standard InChI is InChI=1S/C17H17FN2O3/c1-11-15(19-12(2)21)4-3-5-16(11)20-17(22)10-23-14-8-6-13(18)7-9-14/h3-9H,10H2,1-2H3,(H,19,21)(H,20,22). The van der Waals surface area contributed by atoms with Gasteiger partial charge in [0.15, 0.2) is 6.61 Å². The molecule has 0 aliphatic rings. The van der Waals surface area contributed by atoms with E-state index in [2.05, 4.69) is 10.6 Å². The summed E-state index contributed by atoms with van der Waals surface area (Å²) in [5.74, 6) is -0.494. The van der Waals surface area contributed by atoms with Crippen molar-refractivity contribution < 1.29 is 18.7 Å². The van der Waals surface area contributed by atoms with Gasteiger partial charge in [-0.15, -0.1) is 0 Å². The Morgan fingerprint density at radius 2 is 1.65 bits per heavy atom. The number of ether oxygens (including phenoxy) is 1. The topological polar surface area (TPSA) is 67.4 Å². The molecule has 0 unspecified atom stereocenters. The molecule has 0 aromatic heterocycles. The Kier molecular flexibility index (Phi) is 5.30. The monoisotopic (exact) mass is 316 g/mol. The van der Waals surface area contributed by atoms with Crippen molar-refractivity contribution in [3.05, 3.63) is 53.8 Å². The molecule has 0 fully saturated rings. The molecule has 0 aliphatic heterocycles. The maximum absolute atomic E-state index is 12.8. The molecular formula is C17H17FN2O3. The molecule has 120 valence electrons. The van der Waals surface area contributed by atoms with Crippen LogP contribution in [0.15, 0.2) is 42.5 Å². The minimum atomic E-state index is -0.368. The Hall–Kier alpha value is -2.89. The minimum absolute atomic E-state index is 0.184. The average molecular weight is 316 g/mol. The highest BCUT2D eigenvalue weighted by molar-refractivity contribution is 5.95. The number of hydrogen-bond donors (Lipinski definition) is 2. The van der Waals surface area contributed by atoms with E-state index in [1.54, 1.807) is 25.1 Å². The summed E-state index contributed by atoms with van der Waals surface area (Å²) in [4.78, 5) is 23.1. The number of anilines is 2. The average Bonchev–Trinajstić information content (AvgIpc) is 2.50. The molecule has 0 heterocycles. The van der Waals surface area contributed by atoms with Gasteiger partial charge in [0.1, 0.15) is 11.6 Å². The van der Waals surface area contributed by atoms with E-state index in [-0.39, 0.29) is 24.2 Å². The quantitative estimate of drug-likeness (QED) is 0.890. The maximum Gasteiger partial charge on any atom is 0.262 e. The first-order chi connectivity index (χ1) is 11.0. The molecule has 0 bridgehead atoms. The summed E-state index contributed by atoms with van der Waals surface area (Å²) < 4.78 is 18.1. The van der Waals surface area contributed by atoms with E-state index in [1.807, 2.05) is 0 Å². The Morgan fingerprint density at radius 3 is 2.26 bits per heavy atom. The first-order valence-corrected chi connectivity index (χ1v) is 7.01. The molecule has 0 spiro atoms. The van der Waals surface area contributed by atoms with Crippen molar-refractivity contribution >= 4 is 23.2 Å². The molecular weight excluding hydrogens is 299 g/mol. The first kappa shape index (κ1) is 16.5. The zero-order valence-corrected chi connectivity index (χ0v) is 12.9. The van der Waals surface area contributed by atoms with Crippen LogP contribution in [0.3, 0.4) is 0 Å². The Bertz CT molecular complexity index is 714. The summed E-state index contributed by atoms with van der Waals surface area (Å²) >= 11 is 0. The van der Waals surface area contributed by atoms with E-state index in [0.717, 1.165) is 5.56 Å². The molecule has 0 aliphatic carbocycles. The predicted molar refractivity (Wildman–Crippen MR) is 86.0 cm³/mol. The Labute approximate surface area is 133 Å². The van der Waals surface area contributed by atoms with Crippen LogP contribution in [0.25, 0.3) is 0 Å². The van der Waals surface area contributed by atoms with E-state index in [0.29, 0.717) is 17.1 Å². The number of rotatable bonds is 5. The van der Waals surface area contributed by atoms with E-state index in [9.17, 15) is 14.0 Å². The summed E-state index contributed by atoms with van der Waals surface area (Å²) in [6.07, 6.45) is 0. The SMILES string of the molecule is CC(=O)Nc1cccc(NC(=O)COc2ccc(F)cc2)c1C. The molecule has 2 N–H and O–H groups in total. The van der Waals surface area contributed by atoms with Crippen LogP contribution in [0, 0.1) is 12.7 Å². The summed E-state index contributed by atoms with van der Waals surface area (Å²) in [5, 5.41) is 5.41. The lowest BCUT2D eigenvalue weighted by Gasteiger charge is -2.13. The highest BCUT2D eigenvalue weighted by Gasteiger charge is 2.09. The molecule has 0 saturated carbocycles. The Balaban J connectivity index is 1.97. The number of nitrogens with one attached hydrogen (secondary N) is 2. The maximum atomic E-state index is 12.8. The normalized spacial score (nSPS) is 10.0. The zero-order chi connectivity index (χ0) is 16.8. The van der Waals surface area contributed by atoms with Gasteiger partial charge in [-0.25, -0.2) is 4.39 Å². The molecule has 0 saturated heterocycles. The second-order valence-electron chi connectivity index (χ2n) is 4.95. The number of halogens is 1. The van der Waals surface area contributed by atoms with Crippen LogP contribution in [0.2, 0.25) is 0 Å². The van der Waals surface area contributed by atoms with Gasteiger partial charge in [-0.2, -0.15) is 0 Å². The fourth-order valence-electron chi connectivity index (χ4n) is 1.96. The van der Waals surface area contributed by atoms with Crippen LogP contribution in [0.1, 0.15) is 12.5 Å². The highest BCUT2D eigenvalue weighted by atomic mass is 19.1. The van der Waals surface area contributed by atoms with Crippen LogP contribution in [-0.2, 0) is 9.59 Å². The predicted octanol–water partition coefficient (Wildman–Crippen LogP) is 3.11. The molecule has 2 amide bonds. The summed E-state index contributed by atoms with van der Waals surface area (Å²) in [6, 6.07) is 10.6. The third-order valence-electron chi connectivity index (χ3n) is 3.10. The van der Waals surface area contributed by atoms with E-state index < -0.39 is 0 Å². The van der Waals surface area contributed by atoms with Crippen molar-refractivity contribution in [2.75, 3.05) is 17.2 Å². The largest absolute Gasteiger partial charge is 0.484 e. The number of amides is 2. The van der Waals surface area contributed by atoms with Gasteiger partial charge in [0, 0.05) is 18.3 Å². The lowest BCUT2D eigenvalue weighted by atomic mass is 10.1. The van der Waals surface area contributed by atoms with Gasteiger partial charge in [-0.3, -0.25) is 9.59 Å². The van der Waals surface area contributed by atoms with Gasteiger partial charge < -0.3 is 15.4 Å². The van der Waals surface area contributed by atoms with Gasteiger partial charge in [-0.05, 0) is 48.9 Å². The molecule has 2 aromatic rings. The summed E-state index contributed by atoms with van der Waals surface area (Å²) in [7, 11) is 0. The first-order valence-electron chi connectivity index (χ1n) is 7.01. The smallest absolute Gasteiger partial charge is 0.262 e. The molecule has 0 radical (unpaired) electrons. The van der Waals surface area contributed by atoms with Crippen molar-refractivity contribution in [3.63, 3.8) is 0 Å². The molecule has 6 heteroatoms. The zero-order valence-electron chi connectivity index (χ0n) is 12.9. The van der Waals surface area contributed by atoms with Crippen LogP contribution < -0.4 is 15.4 Å². The molecule has 2 aromatic carbocycles. The van der Waals surface area contributed by atoms with Crippen molar-refractivity contribution in [1.82, 2.24) is 0 Å². The number of carbonyl (C=O) groups excluding carboxylic acids is 2. The fourth-order valence-corrected chi connectivity index (χ4v) is 1.96. The van der Waals surface area contributed by atoms with Crippen molar-refractivity contribution in [1.29, 1.82) is 0 Å². The van der Waals surface area contributed by atoms with Gasteiger partial charge >= 0.3 is 0 Å². The Morgan fingerprint density at radius 1 is 1.04 bits per heavy atom. The van der Waals surface area contributed by atoms with Crippen molar-refractivity contribution in [2.24, 2.45) is 0 Å². The van der Waals surface area contributed by atoms with Crippen LogP contribution in [-0.4, -0.2) is 18.4 Å². The van der Waals surface area contributed by atoms with E-state index in [4.69, 9.17) is 4.74 Å².